The maximum atomic E-state index is 13.5. The van der Waals surface area contributed by atoms with Crippen molar-refractivity contribution in [2.24, 2.45) is 14.1 Å². The Balaban J connectivity index is 1.49. The molecule has 3 heterocycles. The number of pyridine rings is 1. The monoisotopic (exact) mass is 488 g/mol. The third-order valence-corrected chi connectivity index (χ3v) is 7.28. The zero-order chi connectivity index (χ0) is 24.7. The van der Waals surface area contributed by atoms with Gasteiger partial charge < -0.3 is 0 Å². The molecule has 0 aliphatic rings. The van der Waals surface area contributed by atoms with E-state index in [1.165, 1.54) is 0 Å². The minimum Gasteiger partial charge on any atom is -0.289 e. The van der Waals surface area contributed by atoms with Crippen molar-refractivity contribution in [1.82, 2.24) is 29.3 Å². The summed E-state index contributed by atoms with van der Waals surface area (Å²) in [6, 6.07) is 12.4. The van der Waals surface area contributed by atoms with E-state index in [0.29, 0.717) is 32.9 Å². The van der Waals surface area contributed by atoms with E-state index in [-0.39, 0.29) is 17.7 Å². The van der Waals surface area contributed by atoms with Crippen molar-refractivity contribution < 1.29 is 8.42 Å². The third-order valence-electron chi connectivity index (χ3n) is 5.98. The fourth-order valence-corrected chi connectivity index (χ4v) is 5.13. The van der Waals surface area contributed by atoms with E-state index in [1.807, 2.05) is 39.3 Å². The van der Waals surface area contributed by atoms with Gasteiger partial charge in [0.25, 0.3) is 0 Å². The van der Waals surface area contributed by atoms with Gasteiger partial charge in [-0.3, -0.25) is 19.1 Å². The van der Waals surface area contributed by atoms with E-state index < -0.39 is 10.0 Å². The van der Waals surface area contributed by atoms with Gasteiger partial charge in [-0.1, -0.05) is 18.2 Å². The summed E-state index contributed by atoms with van der Waals surface area (Å²) < 4.78 is 31.4. The highest BCUT2D eigenvalue weighted by atomic mass is 32.2. The molecule has 3 aromatic heterocycles. The summed E-state index contributed by atoms with van der Waals surface area (Å²) in [6.45, 7) is 2.01. The van der Waals surface area contributed by atoms with Crippen LogP contribution in [0.15, 0.2) is 65.8 Å². The highest BCUT2D eigenvalue weighted by molar-refractivity contribution is 7.88. The summed E-state index contributed by atoms with van der Waals surface area (Å²) in [5.41, 5.74) is 4.12. The van der Waals surface area contributed by atoms with Gasteiger partial charge in [0.05, 0.1) is 29.7 Å². The average Bonchev–Trinajstić information content (AvgIpc) is 3.36. The molecule has 178 valence electrons. The Morgan fingerprint density at radius 3 is 2.49 bits per heavy atom. The largest absolute Gasteiger partial charge is 0.289 e. The molecule has 1 N–H and O–H groups in total. The van der Waals surface area contributed by atoms with Crippen LogP contribution in [0, 0.1) is 6.92 Å². The van der Waals surface area contributed by atoms with Crippen molar-refractivity contribution in [3.05, 3.63) is 88.2 Å². The van der Waals surface area contributed by atoms with Crippen LogP contribution in [0.4, 0.5) is 0 Å². The van der Waals surface area contributed by atoms with Crippen LogP contribution in [0.1, 0.15) is 17.0 Å². The second-order valence-electron chi connectivity index (χ2n) is 8.62. The number of nitrogens with zero attached hydrogens (tertiary/aromatic N) is 5. The number of sulfonamides is 1. The van der Waals surface area contributed by atoms with Crippen LogP contribution in [-0.4, -0.2) is 33.0 Å². The third kappa shape index (κ3) is 4.71. The van der Waals surface area contributed by atoms with Crippen LogP contribution >= 0.6 is 0 Å². The van der Waals surface area contributed by atoms with E-state index in [9.17, 15) is 13.2 Å². The van der Waals surface area contributed by atoms with Crippen molar-refractivity contribution in [2.45, 2.75) is 19.2 Å². The minimum absolute atomic E-state index is 0.104. The molecule has 0 atom stereocenters. The Morgan fingerprint density at radius 1 is 0.971 bits per heavy atom. The summed E-state index contributed by atoms with van der Waals surface area (Å²) in [5.74, 6) is -0.246. The highest BCUT2D eigenvalue weighted by Gasteiger charge is 2.14. The first-order chi connectivity index (χ1) is 16.7. The van der Waals surface area contributed by atoms with Crippen molar-refractivity contribution >= 4 is 31.7 Å². The zero-order valence-electron chi connectivity index (χ0n) is 19.6. The van der Waals surface area contributed by atoms with Gasteiger partial charge >= 0.3 is 0 Å². The Labute approximate surface area is 202 Å². The second kappa shape index (κ2) is 8.71. The van der Waals surface area contributed by atoms with Gasteiger partial charge in [-0.25, -0.2) is 13.1 Å². The minimum atomic E-state index is -3.64. The van der Waals surface area contributed by atoms with Crippen molar-refractivity contribution in [1.29, 1.82) is 0 Å². The number of nitrogens with one attached hydrogen (secondary N) is 1. The average molecular weight is 489 g/mol. The summed E-state index contributed by atoms with van der Waals surface area (Å²) >= 11 is 0. The maximum Gasteiger partial charge on any atom is 0.216 e. The lowest BCUT2D eigenvalue weighted by atomic mass is 10.1. The normalized spacial score (nSPS) is 12.0. The smallest absolute Gasteiger partial charge is 0.216 e. The molecule has 0 unspecified atom stereocenters. The molecule has 0 fully saturated rings. The molecule has 10 heteroatoms. The number of aryl methyl sites for hydroxylation is 3. The van der Waals surface area contributed by atoms with Gasteiger partial charge in [0, 0.05) is 54.1 Å². The molecule has 0 saturated carbocycles. The number of rotatable bonds is 6. The predicted octanol–water partition coefficient (Wildman–Crippen LogP) is 2.81. The first-order valence-corrected chi connectivity index (χ1v) is 12.7. The number of hydrogen-bond donors (Lipinski definition) is 1. The molecular weight excluding hydrogens is 464 g/mol. The molecule has 5 rings (SSSR count). The van der Waals surface area contributed by atoms with E-state index in [2.05, 4.69) is 19.9 Å². The molecule has 0 saturated heterocycles. The van der Waals surface area contributed by atoms with Gasteiger partial charge in [-0.05, 0) is 42.1 Å². The van der Waals surface area contributed by atoms with Crippen molar-refractivity contribution in [3.63, 3.8) is 0 Å². The molecule has 0 aliphatic heterocycles. The molecule has 2 aromatic carbocycles. The molecule has 0 radical (unpaired) electrons. The summed E-state index contributed by atoms with van der Waals surface area (Å²) in [7, 11) is -0.00755. The van der Waals surface area contributed by atoms with Crippen LogP contribution < -0.4 is 10.2 Å². The summed E-state index contributed by atoms with van der Waals surface area (Å²) in [5, 5.41) is 10.1. The van der Waals surface area contributed by atoms with Crippen molar-refractivity contribution in [3.8, 4) is 11.1 Å². The molecule has 0 aliphatic carbocycles. The van der Waals surface area contributed by atoms with Crippen LogP contribution in [0.25, 0.3) is 32.8 Å². The molecule has 5 aromatic rings. The van der Waals surface area contributed by atoms with E-state index in [1.54, 1.807) is 52.1 Å². The number of benzene rings is 1. The van der Waals surface area contributed by atoms with Gasteiger partial charge in [-0.15, -0.1) is 0 Å². The molecule has 0 bridgehead atoms. The van der Waals surface area contributed by atoms with Crippen LogP contribution in [-0.2, 0) is 36.4 Å². The molecular formula is C25H24N6O3S. The van der Waals surface area contributed by atoms with E-state index in [0.717, 1.165) is 16.8 Å². The van der Waals surface area contributed by atoms with Gasteiger partial charge in [-0.2, -0.15) is 10.2 Å². The lowest BCUT2D eigenvalue weighted by Crippen LogP contribution is -2.25. The summed E-state index contributed by atoms with van der Waals surface area (Å²) in [4.78, 5) is 18.0. The quantitative estimate of drug-likeness (QED) is 0.393. The van der Waals surface area contributed by atoms with Gasteiger partial charge in [0.1, 0.15) is 0 Å². The van der Waals surface area contributed by atoms with Crippen molar-refractivity contribution in [2.75, 3.05) is 0 Å². The summed E-state index contributed by atoms with van der Waals surface area (Å²) in [6.07, 6.45) is 5.30. The fraction of sp³-hybridized carbons (Fsp3) is 0.200. The Hall–Kier alpha value is -3.89. The standard InChI is InChI=1S/C25H24N6O3S/c1-16-8-21(29-31(16)3)13-28-35(33,34)15-17-4-5-18-6-7-24-23(25(32)22(18)9-17)10-19(11-26-24)20-12-27-30(2)14-20/h4-12,14,28H,13,15H2,1-3H3. The number of aromatic nitrogens is 5. The number of hydrogen-bond acceptors (Lipinski definition) is 6. The van der Waals surface area contributed by atoms with Gasteiger partial charge in [0.15, 0.2) is 5.43 Å². The highest BCUT2D eigenvalue weighted by Crippen LogP contribution is 2.22. The lowest BCUT2D eigenvalue weighted by Gasteiger charge is -2.06. The zero-order valence-corrected chi connectivity index (χ0v) is 20.4. The maximum absolute atomic E-state index is 13.5. The molecule has 9 nitrogen and oxygen atoms in total. The van der Waals surface area contributed by atoms with Gasteiger partial charge in [0.2, 0.25) is 10.0 Å². The van der Waals surface area contributed by atoms with E-state index >= 15 is 0 Å². The Morgan fingerprint density at radius 2 is 1.77 bits per heavy atom. The molecule has 0 amide bonds. The fourth-order valence-electron chi connectivity index (χ4n) is 4.04. The lowest BCUT2D eigenvalue weighted by molar-refractivity contribution is 0.578. The number of fused-ring (bicyclic) bond motifs is 2. The Bertz CT molecular complexity index is 1740. The van der Waals surface area contributed by atoms with Crippen LogP contribution in [0.5, 0.6) is 0 Å². The molecule has 0 spiro atoms. The van der Waals surface area contributed by atoms with Crippen LogP contribution in [0.3, 0.4) is 0 Å². The predicted molar refractivity (Wildman–Crippen MR) is 135 cm³/mol. The van der Waals surface area contributed by atoms with E-state index in [4.69, 9.17) is 0 Å². The first-order valence-electron chi connectivity index (χ1n) is 11.0. The first kappa shape index (κ1) is 22.9. The molecule has 35 heavy (non-hydrogen) atoms. The topological polar surface area (TPSA) is 112 Å². The Kier molecular flexibility index (Phi) is 5.70. The van der Waals surface area contributed by atoms with Crippen LogP contribution in [0.2, 0.25) is 0 Å². The SMILES string of the molecule is Cc1cc(CNS(=O)(=O)Cc2ccc3ccc4ncc(-c5cnn(C)c5)cc4c(=O)c3c2)nn1C. The second-order valence-corrected chi connectivity index (χ2v) is 10.4.